The van der Waals surface area contributed by atoms with Crippen LogP contribution in [0.4, 0.5) is 0 Å². The minimum Gasteiger partial charge on any atom is -0.350 e. The van der Waals surface area contributed by atoms with E-state index in [2.05, 4.69) is 15.3 Å². The van der Waals surface area contributed by atoms with Gasteiger partial charge >= 0.3 is 0 Å². The first-order chi connectivity index (χ1) is 12.2. The number of nitrogens with zero attached hydrogens (tertiary/aromatic N) is 3. The number of rotatable bonds is 2. The number of carbonyl (C=O) groups excluding carboxylic acids is 2. The Kier molecular flexibility index (Phi) is 3.95. The fraction of sp³-hybridized carbons (Fsp3) is 0.368. The number of aromatic nitrogens is 2. The summed E-state index contributed by atoms with van der Waals surface area (Å²) in [5.74, 6) is 0.204. The van der Waals surface area contributed by atoms with Crippen molar-refractivity contribution in [2.24, 2.45) is 0 Å². The number of nitrogens with one attached hydrogen (secondary N) is 1. The smallest absolute Gasteiger partial charge is 0.255 e. The van der Waals surface area contributed by atoms with Gasteiger partial charge in [-0.15, -0.1) is 0 Å². The van der Waals surface area contributed by atoms with Crippen molar-refractivity contribution in [1.82, 2.24) is 20.2 Å². The predicted molar refractivity (Wildman–Crippen MR) is 91.8 cm³/mol. The third-order valence-corrected chi connectivity index (χ3v) is 5.38. The third kappa shape index (κ3) is 2.88. The van der Waals surface area contributed by atoms with E-state index in [4.69, 9.17) is 0 Å². The molecule has 2 amide bonds. The fourth-order valence-corrected chi connectivity index (χ4v) is 4.07. The maximum absolute atomic E-state index is 12.6. The van der Waals surface area contributed by atoms with Gasteiger partial charge in [0.25, 0.3) is 5.91 Å². The van der Waals surface area contributed by atoms with Crippen molar-refractivity contribution in [3.63, 3.8) is 0 Å². The van der Waals surface area contributed by atoms with Crippen LogP contribution in [-0.4, -0.2) is 45.3 Å². The lowest BCUT2D eigenvalue weighted by Gasteiger charge is -2.42. The van der Waals surface area contributed by atoms with E-state index in [0.717, 1.165) is 18.4 Å². The Morgan fingerprint density at radius 3 is 2.48 bits per heavy atom. The van der Waals surface area contributed by atoms with Gasteiger partial charge in [-0.05, 0) is 36.6 Å². The van der Waals surface area contributed by atoms with Gasteiger partial charge in [-0.3, -0.25) is 19.6 Å². The zero-order valence-electron chi connectivity index (χ0n) is 13.9. The van der Waals surface area contributed by atoms with Gasteiger partial charge in [0.05, 0.1) is 11.1 Å². The first-order valence-corrected chi connectivity index (χ1v) is 8.58. The second kappa shape index (κ2) is 6.27. The van der Waals surface area contributed by atoms with Crippen molar-refractivity contribution >= 4 is 11.8 Å². The van der Waals surface area contributed by atoms with Gasteiger partial charge in [0.2, 0.25) is 5.91 Å². The largest absolute Gasteiger partial charge is 0.350 e. The Morgan fingerprint density at radius 1 is 1.12 bits per heavy atom. The summed E-state index contributed by atoms with van der Waals surface area (Å²) < 4.78 is 0. The first kappa shape index (κ1) is 15.7. The summed E-state index contributed by atoms with van der Waals surface area (Å²) in [5, 5.41) is 3.20. The van der Waals surface area contributed by atoms with Crippen LogP contribution in [0.3, 0.4) is 0 Å². The van der Waals surface area contributed by atoms with Gasteiger partial charge in [-0.1, -0.05) is 6.07 Å². The maximum atomic E-state index is 12.6. The summed E-state index contributed by atoms with van der Waals surface area (Å²) >= 11 is 0. The number of likely N-dealkylation sites (tertiary alicyclic amines) is 1. The van der Waals surface area contributed by atoms with E-state index < -0.39 is 0 Å². The summed E-state index contributed by atoms with van der Waals surface area (Å²) in [6.07, 6.45) is 8.85. The molecule has 1 N–H and O–H groups in total. The van der Waals surface area contributed by atoms with Crippen LogP contribution in [0.5, 0.6) is 0 Å². The summed E-state index contributed by atoms with van der Waals surface area (Å²) in [6.45, 7) is 1.26. The first-order valence-electron chi connectivity index (χ1n) is 8.58. The lowest BCUT2D eigenvalue weighted by atomic mass is 9.74. The predicted octanol–water partition coefficient (Wildman–Crippen LogP) is 1.76. The minimum atomic E-state index is -0.272. The van der Waals surface area contributed by atoms with E-state index in [1.807, 2.05) is 23.2 Å². The minimum absolute atomic E-state index is 0.00482. The molecule has 0 aliphatic carbocycles. The average molecular weight is 336 g/mol. The van der Waals surface area contributed by atoms with E-state index in [1.165, 1.54) is 0 Å². The van der Waals surface area contributed by atoms with Crippen LogP contribution in [0.15, 0.2) is 49.1 Å². The highest BCUT2D eigenvalue weighted by Gasteiger charge is 2.49. The molecule has 2 aliphatic heterocycles. The molecule has 4 rings (SSSR count). The third-order valence-electron chi connectivity index (χ3n) is 5.38. The highest BCUT2D eigenvalue weighted by Crippen LogP contribution is 2.43. The molecule has 6 heteroatoms. The molecule has 0 radical (unpaired) electrons. The van der Waals surface area contributed by atoms with Gasteiger partial charge in [0.15, 0.2) is 0 Å². The molecule has 0 bridgehead atoms. The monoisotopic (exact) mass is 336 g/mol. The van der Waals surface area contributed by atoms with Crippen molar-refractivity contribution in [3.05, 3.63) is 60.2 Å². The SMILES string of the molecule is O=C1C[C@H](c2cccnc2)C2(CCN(C(=O)c3cccnc3)CC2)N1. The molecular weight excluding hydrogens is 316 g/mol. The van der Waals surface area contributed by atoms with E-state index in [0.29, 0.717) is 25.1 Å². The number of hydrogen-bond donors (Lipinski definition) is 1. The number of hydrogen-bond acceptors (Lipinski definition) is 4. The van der Waals surface area contributed by atoms with Crippen molar-refractivity contribution < 1.29 is 9.59 Å². The molecule has 6 nitrogen and oxygen atoms in total. The lowest BCUT2D eigenvalue weighted by Crippen LogP contribution is -2.54. The normalized spacial score (nSPS) is 22.0. The fourth-order valence-electron chi connectivity index (χ4n) is 4.07. The molecule has 1 spiro atoms. The van der Waals surface area contributed by atoms with Gasteiger partial charge in [-0.2, -0.15) is 0 Å². The van der Waals surface area contributed by atoms with Gasteiger partial charge < -0.3 is 10.2 Å². The van der Waals surface area contributed by atoms with E-state index in [-0.39, 0.29) is 23.3 Å². The molecule has 2 saturated heterocycles. The summed E-state index contributed by atoms with van der Waals surface area (Å²) in [6, 6.07) is 7.50. The van der Waals surface area contributed by atoms with Gasteiger partial charge in [0, 0.05) is 50.2 Å². The topological polar surface area (TPSA) is 75.2 Å². The number of carbonyl (C=O) groups is 2. The zero-order chi connectivity index (χ0) is 17.3. The Hall–Kier alpha value is -2.76. The molecular formula is C19H20N4O2. The van der Waals surface area contributed by atoms with E-state index in [1.54, 1.807) is 30.7 Å². The summed E-state index contributed by atoms with van der Waals surface area (Å²) in [5.41, 5.74) is 1.43. The van der Waals surface area contributed by atoms with Crippen LogP contribution in [0.25, 0.3) is 0 Å². The van der Waals surface area contributed by atoms with Crippen molar-refractivity contribution in [3.8, 4) is 0 Å². The van der Waals surface area contributed by atoms with Crippen LogP contribution in [-0.2, 0) is 4.79 Å². The van der Waals surface area contributed by atoms with E-state index in [9.17, 15) is 9.59 Å². The maximum Gasteiger partial charge on any atom is 0.255 e. The Balaban J connectivity index is 1.51. The van der Waals surface area contributed by atoms with Crippen molar-refractivity contribution in [1.29, 1.82) is 0 Å². The number of amides is 2. The molecule has 2 fully saturated rings. The molecule has 2 aromatic rings. The van der Waals surface area contributed by atoms with E-state index >= 15 is 0 Å². The molecule has 4 heterocycles. The molecule has 0 unspecified atom stereocenters. The zero-order valence-corrected chi connectivity index (χ0v) is 13.9. The van der Waals surface area contributed by atoms with Crippen LogP contribution in [0, 0.1) is 0 Å². The molecule has 128 valence electrons. The molecule has 0 saturated carbocycles. The molecule has 1 atom stereocenters. The highest BCUT2D eigenvalue weighted by molar-refractivity contribution is 5.94. The quantitative estimate of drug-likeness (QED) is 0.907. The average Bonchev–Trinajstić information content (AvgIpc) is 2.99. The molecule has 0 aromatic carbocycles. The molecule has 2 aliphatic rings. The Labute approximate surface area is 146 Å². The second-order valence-electron chi connectivity index (χ2n) is 6.78. The molecule has 2 aromatic heterocycles. The second-order valence-corrected chi connectivity index (χ2v) is 6.78. The van der Waals surface area contributed by atoms with Crippen LogP contribution < -0.4 is 5.32 Å². The number of pyridine rings is 2. The van der Waals surface area contributed by atoms with Gasteiger partial charge in [-0.25, -0.2) is 0 Å². The Morgan fingerprint density at radius 2 is 1.84 bits per heavy atom. The van der Waals surface area contributed by atoms with Crippen LogP contribution >= 0.6 is 0 Å². The van der Waals surface area contributed by atoms with Gasteiger partial charge in [0.1, 0.15) is 0 Å². The number of piperidine rings is 1. The Bertz CT molecular complexity index is 771. The lowest BCUT2D eigenvalue weighted by molar-refractivity contribution is -0.120. The van der Waals surface area contributed by atoms with Crippen LogP contribution in [0.2, 0.25) is 0 Å². The van der Waals surface area contributed by atoms with Crippen LogP contribution in [0.1, 0.15) is 41.1 Å². The summed E-state index contributed by atoms with van der Waals surface area (Å²) in [4.78, 5) is 34.8. The van der Waals surface area contributed by atoms with Crippen molar-refractivity contribution in [2.75, 3.05) is 13.1 Å². The standard InChI is InChI=1S/C19H20N4O2/c24-17-11-16(14-3-1-7-20-12-14)19(22-17)5-9-23(10-6-19)18(25)15-4-2-8-21-13-15/h1-4,7-8,12-13,16H,5-6,9-11H2,(H,22,24)/t16-/m1/s1. The highest BCUT2D eigenvalue weighted by atomic mass is 16.2. The molecule has 25 heavy (non-hydrogen) atoms. The van der Waals surface area contributed by atoms with Crippen molar-refractivity contribution in [2.45, 2.75) is 30.7 Å². The summed E-state index contributed by atoms with van der Waals surface area (Å²) in [7, 11) is 0.